The predicted molar refractivity (Wildman–Crippen MR) is 109 cm³/mol. The number of aromatic nitrogens is 2. The Morgan fingerprint density at radius 1 is 1.14 bits per heavy atom. The third kappa shape index (κ3) is 4.71. The zero-order chi connectivity index (χ0) is 20.8. The summed E-state index contributed by atoms with van der Waals surface area (Å²) in [4.78, 5) is 18.5. The minimum atomic E-state index is -0.517. The van der Waals surface area contributed by atoms with Crippen molar-refractivity contribution >= 4 is 40.3 Å². The third-order valence-corrected chi connectivity index (χ3v) is 3.67. The number of nitrogen functional groups attached to an aromatic ring is 2. The second-order valence-electron chi connectivity index (χ2n) is 5.70. The molecule has 0 fully saturated rings. The van der Waals surface area contributed by atoms with Gasteiger partial charge in [-0.15, -0.1) is 5.11 Å². The molecule has 0 aliphatic carbocycles. The summed E-state index contributed by atoms with van der Waals surface area (Å²) in [5.74, 6) is 0.778. The van der Waals surface area contributed by atoms with Crippen molar-refractivity contribution in [3.63, 3.8) is 0 Å². The number of nitro groups is 1. The van der Waals surface area contributed by atoms with E-state index in [4.69, 9.17) is 16.2 Å². The van der Waals surface area contributed by atoms with Gasteiger partial charge in [-0.05, 0) is 25.1 Å². The third-order valence-electron chi connectivity index (χ3n) is 3.67. The number of nitrogens with one attached hydrogen (secondary N) is 1. The number of anilines is 4. The standard InChI is InChI=1S/C18H18N8O3/c1-2-29-14-9-4-3-8-13(14)21-17-15(16(19)22-18(20)23-17)25-24-11-6-5-7-12(10-11)26(27)28/h3-10H,2H2,1H3,(H5,19,20,21,22,23). The lowest BCUT2D eigenvalue weighted by Gasteiger charge is -2.13. The fourth-order valence-corrected chi connectivity index (χ4v) is 2.43. The quantitative estimate of drug-likeness (QED) is 0.306. The predicted octanol–water partition coefficient (Wildman–Crippen LogP) is 4.11. The Labute approximate surface area is 165 Å². The van der Waals surface area contributed by atoms with Crippen molar-refractivity contribution in [2.75, 3.05) is 23.4 Å². The second-order valence-corrected chi connectivity index (χ2v) is 5.70. The zero-order valence-corrected chi connectivity index (χ0v) is 15.4. The largest absolute Gasteiger partial charge is 0.492 e. The van der Waals surface area contributed by atoms with Crippen LogP contribution < -0.4 is 21.5 Å². The molecule has 0 saturated carbocycles. The molecular weight excluding hydrogens is 376 g/mol. The van der Waals surface area contributed by atoms with E-state index in [-0.39, 0.29) is 34.6 Å². The van der Waals surface area contributed by atoms with Crippen molar-refractivity contribution in [1.82, 2.24) is 9.97 Å². The van der Waals surface area contributed by atoms with Gasteiger partial charge < -0.3 is 21.5 Å². The number of ether oxygens (including phenoxy) is 1. The van der Waals surface area contributed by atoms with Gasteiger partial charge in [-0.2, -0.15) is 15.1 Å². The Morgan fingerprint density at radius 2 is 1.93 bits per heavy atom. The lowest BCUT2D eigenvalue weighted by molar-refractivity contribution is -0.384. The van der Waals surface area contributed by atoms with E-state index in [1.807, 2.05) is 19.1 Å². The number of azo groups is 1. The summed E-state index contributed by atoms with van der Waals surface area (Å²) in [6.07, 6.45) is 0. The molecule has 0 unspecified atom stereocenters. The number of hydrogen-bond donors (Lipinski definition) is 3. The molecule has 0 aliphatic rings. The summed E-state index contributed by atoms with van der Waals surface area (Å²) in [7, 11) is 0. The molecule has 11 heteroatoms. The summed E-state index contributed by atoms with van der Waals surface area (Å²) in [6, 6.07) is 13.0. The van der Waals surface area contributed by atoms with Crippen molar-refractivity contribution in [3.05, 3.63) is 58.6 Å². The van der Waals surface area contributed by atoms with Crippen molar-refractivity contribution in [3.8, 4) is 5.75 Å². The van der Waals surface area contributed by atoms with E-state index in [0.717, 1.165) is 0 Å². The van der Waals surface area contributed by atoms with Gasteiger partial charge in [0.2, 0.25) is 5.95 Å². The van der Waals surface area contributed by atoms with Crippen LogP contribution in [0.25, 0.3) is 0 Å². The topological polar surface area (TPSA) is 167 Å². The second kappa shape index (κ2) is 8.61. The first-order chi connectivity index (χ1) is 14.0. The van der Waals surface area contributed by atoms with Crippen LogP contribution in [0.1, 0.15) is 6.92 Å². The number of para-hydroxylation sites is 2. The minimum Gasteiger partial charge on any atom is -0.492 e. The molecule has 3 rings (SSSR count). The van der Waals surface area contributed by atoms with Crippen LogP contribution in [0.2, 0.25) is 0 Å². The van der Waals surface area contributed by atoms with E-state index in [2.05, 4.69) is 25.5 Å². The Balaban J connectivity index is 1.98. The average molecular weight is 394 g/mol. The van der Waals surface area contributed by atoms with Crippen molar-refractivity contribution in [2.45, 2.75) is 6.92 Å². The molecule has 0 spiro atoms. The molecule has 0 saturated heterocycles. The van der Waals surface area contributed by atoms with E-state index < -0.39 is 4.92 Å². The van der Waals surface area contributed by atoms with Gasteiger partial charge >= 0.3 is 0 Å². The Kier molecular flexibility index (Phi) is 5.78. The van der Waals surface area contributed by atoms with Gasteiger partial charge in [0.1, 0.15) is 5.75 Å². The maximum Gasteiger partial charge on any atom is 0.271 e. The lowest BCUT2D eigenvalue weighted by Crippen LogP contribution is -2.05. The fraction of sp³-hybridized carbons (Fsp3) is 0.111. The van der Waals surface area contributed by atoms with Crippen LogP contribution in [0, 0.1) is 10.1 Å². The number of nitrogens with zero attached hydrogens (tertiary/aromatic N) is 5. The zero-order valence-electron chi connectivity index (χ0n) is 15.4. The van der Waals surface area contributed by atoms with Gasteiger partial charge in [-0.25, -0.2) is 0 Å². The molecule has 11 nitrogen and oxygen atoms in total. The van der Waals surface area contributed by atoms with Gasteiger partial charge in [0.05, 0.1) is 22.9 Å². The summed E-state index contributed by atoms with van der Waals surface area (Å²) < 4.78 is 5.59. The first kappa shape index (κ1) is 19.5. The van der Waals surface area contributed by atoms with E-state index in [9.17, 15) is 10.1 Å². The van der Waals surface area contributed by atoms with E-state index in [1.165, 1.54) is 18.2 Å². The van der Waals surface area contributed by atoms with Gasteiger partial charge in [-0.1, -0.05) is 18.2 Å². The number of non-ortho nitro benzene ring substituents is 1. The van der Waals surface area contributed by atoms with Crippen LogP contribution in [0.4, 0.5) is 40.3 Å². The fourth-order valence-electron chi connectivity index (χ4n) is 2.43. The molecule has 1 heterocycles. The highest BCUT2D eigenvalue weighted by Gasteiger charge is 2.14. The molecule has 0 atom stereocenters. The highest BCUT2D eigenvalue weighted by molar-refractivity contribution is 5.78. The van der Waals surface area contributed by atoms with Crippen molar-refractivity contribution in [1.29, 1.82) is 0 Å². The molecule has 0 aliphatic heterocycles. The summed E-state index contributed by atoms with van der Waals surface area (Å²) in [6.45, 7) is 2.35. The molecular formula is C18H18N8O3. The smallest absolute Gasteiger partial charge is 0.271 e. The Hall–Kier alpha value is -4.28. The normalized spacial score (nSPS) is 10.8. The summed E-state index contributed by atoms with van der Waals surface area (Å²) in [5.41, 5.74) is 12.6. The number of nitro benzene ring substituents is 1. The number of nitrogens with two attached hydrogens (primary N) is 2. The van der Waals surface area contributed by atoms with Crippen LogP contribution in [0.3, 0.4) is 0 Å². The van der Waals surface area contributed by atoms with E-state index in [0.29, 0.717) is 18.0 Å². The average Bonchev–Trinajstić information content (AvgIpc) is 2.69. The SMILES string of the molecule is CCOc1ccccc1Nc1nc(N)nc(N)c1N=Nc1cccc([N+](=O)[O-])c1. The van der Waals surface area contributed by atoms with Gasteiger partial charge in [0, 0.05) is 12.1 Å². The Bertz CT molecular complexity index is 1070. The van der Waals surface area contributed by atoms with E-state index in [1.54, 1.807) is 18.2 Å². The highest BCUT2D eigenvalue weighted by atomic mass is 16.6. The van der Waals surface area contributed by atoms with Crippen LogP contribution in [0.5, 0.6) is 5.75 Å². The molecule has 0 bridgehead atoms. The maximum atomic E-state index is 10.9. The number of rotatable bonds is 7. The first-order valence-electron chi connectivity index (χ1n) is 8.56. The van der Waals surface area contributed by atoms with Crippen LogP contribution in [-0.4, -0.2) is 21.5 Å². The molecule has 0 radical (unpaired) electrons. The highest BCUT2D eigenvalue weighted by Crippen LogP contribution is 2.35. The number of benzene rings is 2. The van der Waals surface area contributed by atoms with E-state index >= 15 is 0 Å². The van der Waals surface area contributed by atoms with Gasteiger partial charge in [0.25, 0.3) is 5.69 Å². The number of hydrogen-bond acceptors (Lipinski definition) is 10. The van der Waals surface area contributed by atoms with Gasteiger partial charge in [-0.3, -0.25) is 10.1 Å². The van der Waals surface area contributed by atoms with Crippen molar-refractivity contribution < 1.29 is 9.66 Å². The van der Waals surface area contributed by atoms with Crippen LogP contribution in [-0.2, 0) is 0 Å². The Morgan fingerprint density at radius 3 is 2.69 bits per heavy atom. The van der Waals surface area contributed by atoms with Crippen molar-refractivity contribution in [2.24, 2.45) is 10.2 Å². The molecule has 2 aromatic carbocycles. The monoisotopic (exact) mass is 394 g/mol. The molecule has 5 N–H and O–H groups in total. The van der Waals surface area contributed by atoms with Crippen LogP contribution in [0.15, 0.2) is 58.8 Å². The molecule has 148 valence electrons. The minimum absolute atomic E-state index is 0.00284. The van der Waals surface area contributed by atoms with Gasteiger partial charge in [0.15, 0.2) is 17.3 Å². The molecule has 1 aromatic heterocycles. The molecule has 0 amide bonds. The maximum absolute atomic E-state index is 10.9. The lowest BCUT2D eigenvalue weighted by atomic mass is 10.3. The summed E-state index contributed by atoms with van der Waals surface area (Å²) >= 11 is 0. The molecule has 3 aromatic rings. The first-order valence-corrected chi connectivity index (χ1v) is 8.56. The molecule has 29 heavy (non-hydrogen) atoms. The van der Waals surface area contributed by atoms with Crippen LogP contribution >= 0.6 is 0 Å². The summed E-state index contributed by atoms with van der Waals surface area (Å²) in [5, 5.41) is 22.1.